The predicted octanol–water partition coefficient (Wildman–Crippen LogP) is 0.282. The van der Waals surface area contributed by atoms with Crippen LogP contribution >= 0.6 is 0 Å². The van der Waals surface area contributed by atoms with E-state index in [9.17, 15) is 0 Å². The molecule has 9 fully saturated rings. The molecule has 40 heavy (non-hydrogen) atoms. The highest BCUT2D eigenvalue weighted by Gasteiger charge is 2.54. The molecule has 0 aromatic carbocycles. The number of hydrogen-bond acceptors (Lipinski definition) is 10. The molecule has 9 rings (SSSR count). The van der Waals surface area contributed by atoms with E-state index in [1.807, 2.05) is 0 Å². The molecule has 224 valence electrons. The fourth-order valence-corrected chi connectivity index (χ4v) is 11.3. The van der Waals surface area contributed by atoms with Crippen molar-refractivity contribution >= 4 is 0 Å². The SMILES string of the molecule is C1CCC2C3NC(NC4NC(NC5NC(NC6NC(N3)C3CCCCC63)C3NNCCC53)C3CCCCC43)C2C1. The van der Waals surface area contributed by atoms with Crippen molar-refractivity contribution in [2.24, 2.45) is 41.4 Å². The third kappa shape index (κ3) is 4.35. The zero-order valence-corrected chi connectivity index (χ0v) is 24.1. The summed E-state index contributed by atoms with van der Waals surface area (Å²) in [5, 5.41) is 33.4. The molecule has 3 aliphatic carbocycles. The van der Waals surface area contributed by atoms with Gasteiger partial charge >= 0.3 is 0 Å². The highest BCUT2D eigenvalue weighted by Crippen LogP contribution is 2.44. The van der Waals surface area contributed by atoms with E-state index in [1.54, 1.807) is 0 Å². The lowest BCUT2D eigenvalue weighted by Crippen LogP contribution is -2.63. The molecule has 6 heterocycles. The Hall–Kier alpha value is -0.400. The monoisotopic (exact) mass is 554 g/mol. The zero-order valence-electron chi connectivity index (χ0n) is 24.1. The number of fused-ring (bicyclic) bond motifs is 20. The maximum absolute atomic E-state index is 4.24. The lowest BCUT2D eigenvalue weighted by molar-refractivity contribution is 0.170. The minimum absolute atomic E-state index is 0.247. The summed E-state index contributed by atoms with van der Waals surface area (Å²) in [6, 6.07) is 0.385. The molecule has 0 radical (unpaired) electrons. The summed E-state index contributed by atoms with van der Waals surface area (Å²) < 4.78 is 0. The molecule has 0 amide bonds. The topological polar surface area (TPSA) is 120 Å². The second-order valence-electron chi connectivity index (χ2n) is 15.0. The van der Waals surface area contributed by atoms with Gasteiger partial charge in [0.25, 0.3) is 0 Å². The van der Waals surface area contributed by atoms with Crippen LogP contribution in [0.2, 0.25) is 0 Å². The van der Waals surface area contributed by atoms with Gasteiger partial charge in [0.1, 0.15) is 0 Å². The molecule has 10 nitrogen and oxygen atoms in total. The number of nitrogens with one attached hydrogen (secondary N) is 10. The normalized spacial score (nSPS) is 57.6. The molecule has 16 atom stereocenters. The summed E-state index contributed by atoms with van der Waals surface area (Å²) in [4.78, 5) is 0. The van der Waals surface area contributed by atoms with Crippen LogP contribution in [0.3, 0.4) is 0 Å². The van der Waals surface area contributed by atoms with Crippen LogP contribution in [-0.4, -0.2) is 61.9 Å². The van der Waals surface area contributed by atoms with E-state index in [-0.39, 0.29) is 6.17 Å². The highest BCUT2D eigenvalue weighted by atomic mass is 15.5. The van der Waals surface area contributed by atoms with Crippen LogP contribution < -0.4 is 53.4 Å². The van der Waals surface area contributed by atoms with Crippen molar-refractivity contribution in [3.8, 4) is 0 Å². The summed E-state index contributed by atoms with van der Waals surface area (Å²) in [5.74, 6) is 4.87. The summed E-state index contributed by atoms with van der Waals surface area (Å²) in [7, 11) is 0. The van der Waals surface area contributed by atoms with Crippen LogP contribution in [0.15, 0.2) is 0 Å². The molecule has 0 aromatic rings. The number of hydrazine groups is 1. The molecular formula is C30H54N10. The average molecular weight is 555 g/mol. The Labute approximate surface area is 240 Å². The Morgan fingerprint density at radius 3 is 0.950 bits per heavy atom. The van der Waals surface area contributed by atoms with Gasteiger partial charge < -0.3 is 0 Å². The van der Waals surface area contributed by atoms with Crippen LogP contribution in [0, 0.1) is 41.4 Å². The Balaban J connectivity index is 1.05. The first-order valence-corrected chi connectivity index (χ1v) is 17.4. The minimum atomic E-state index is 0.247. The van der Waals surface area contributed by atoms with E-state index in [0.29, 0.717) is 72.9 Å². The van der Waals surface area contributed by atoms with Crippen LogP contribution in [0.5, 0.6) is 0 Å². The second kappa shape index (κ2) is 10.6. The first-order valence-electron chi connectivity index (χ1n) is 17.4. The smallest absolute Gasteiger partial charge is 0.0771 e. The summed E-state index contributed by atoms with van der Waals surface area (Å²) in [6.45, 7) is 1.04. The third-order valence-electron chi connectivity index (χ3n) is 13.2. The zero-order chi connectivity index (χ0) is 26.2. The van der Waals surface area contributed by atoms with Crippen molar-refractivity contribution in [2.75, 3.05) is 6.54 Å². The van der Waals surface area contributed by atoms with Gasteiger partial charge in [0.15, 0.2) is 0 Å². The molecule has 8 bridgehead atoms. The van der Waals surface area contributed by atoms with Gasteiger partial charge in [-0.1, -0.05) is 38.5 Å². The maximum atomic E-state index is 4.24. The molecule has 3 saturated carbocycles. The van der Waals surface area contributed by atoms with Crippen LogP contribution in [0.4, 0.5) is 0 Å². The maximum Gasteiger partial charge on any atom is 0.0771 e. The minimum Gasteiger partial charge on any atom is -0.286 e. The van der Waals surface area contributed by atoms with Crippen molar-refractivity contribution < 1.29 is 0 Å². The highest BCUT2D eigenvalue weighted by molar-refractivity contribution is 5.09. The molecule has 6 aliphatic heterocycles. The van der Waals surface area contributed by atoms with Gasteiger partial charge in [-0.05, 0) is 80.5 Å². The first-order chi connectivity index (χ1) is 19.8. The molecule has 10 N–H and O–H groups in total. The van der Waals surface area contributed by atoms with Crippen LogP contribution in [0.25, 0.3) is 0 Å². The molecule has 0 spiro atoms. The Morgan fingerprint density at radius 1 is 0.300 bits per heavy atom. The lowest BCUT2D eigenvalue weighted by atomic mass is 9.77. The van der Waals surface area contributed by atoms with Gasteiger partial charge in [0, 0.05) is 12.5 Å². The molecule has 10 heteroatoms. The van der Waals surface area contributed by atoms with E-state index in [2.05, 4.69) is 53.4 Å². The summed E-state index contributed by atoms with van der Waals surface area (Å²) in [6.07, 6.45) is 20.5. The molecule has 16 unspecified atom stereocenters. The quantitative estimate of drug-likeness (QED) is 0.205. The largest absolute Gasteiger partial charge is 0.286 e. The number of rotatable bonds is 0. The van der Waals surface area contributed by atoms with Gasteiger partial charge in [-0.15, -0.1) is 0 Å². The summed E-state index contributed by atoms with van der Waals surface area (Å²) >= 11 is 0. The van der Waals surface area contributed by atoms with Crippen molar-refractivity contribution in [3.63, 3.8) is 0 Å². The first kappa shape index (κ1) is 26.0. The lowest BCUT2D eigenvalue weighted by Gasteiger charge is -2.35. The van der Waals surface area contributed by atoms with Crippen LogP contribution in [-0.2, 0) is 0 Å². The van der Waals surface area contributed by atoms with Gasteiger partial charge in [0.2, 0.25) is 0 Å². The van der Waals surface area contributed by atoms with E-state index < -0.39 is 0 Å². The standard InChI is InChI=1S/C30H54N10/c1-2-8-16-15(7-1)23-32-24(16)34-26-19-11-5-6-12-20(19)28(36-26)38-30-22-21(13-14-31-40-22)29(39-30)37-27-18-10-4-3-9-17(18)25(33-23)35-27/h15-40H,1-14H2. The second-order valence-corrected chi connectivity index (χ2v) is 15.0. The van der Waals surface area contributed by atoms with Crippen molar-refractivity contribution in [1.82, 2.24) is 53.4 Å². The van der Waals surface area contributed by atoms with E-state index in [4.69, 9.17) is 0 Å². The Bertz CT molecular complexity index is 713. The van der Waals surface area contributed by atoms with E-state index in [1.165, 1.54) is 83.5 Å². The third-order valence-corrected chi connectivity index (χ3v) is 13.2. The Morgan fingerprint density at radius 2 is 0.600 bits per heavy atom. The van der Waals surface area contributed by atoms with Crippen molar-refractivity contribution in [3.05, 3.63) is 0 Å². The average Bonchev–Trinajstić information content (AvgIpc) is 3.73. The molecule has 9 aliphatic rings. The summed E-state index contributed by atoms with van der Waals surface area (Å²) in [5.41, 5.74) is 7.21. The van der Waals surface area contributed by atoms with Gasteiger partial charge in [0.05, 0.1) is 55.4 Å². The molecular weight excluding hydrogens is 500 g/mol. The van der Waals surface area contributed by atoms with E-state index >= 15 is 0 Å². The number of hydrogen-bond donors (Lipinski definition) is 10. The Kier molecular flexibility index (Phi) is 6.93. The predicted molar refractivity (Wildman–Crippen MR) is 155 cm³/mol. The van der Waals surface area contributed by atoms with Gasteiger partial charge in [-0.25, -0.2) is 0 Å². The fraction of sp³-hybridized carbons (Fsp3) is 1.00. The molecule has 6 saturated heterocycles. The molecule has 0 aromatic heterocycles. The van der Waals surface area contributed by atoms with Gasteiger partial charge in [-0.3, -0.25) is 53.4 Å². The van der Waals surface area contributed by atoms with Crippen molar-refractivity contribution in [2.45, 2.75) is 139 Å². The fourth-order valence-electron chi connectivity index (χ4n) is 11.3. The van der Waals surface area contributed by atoms with Crippen LogP contribution in [0.1, 0.15) is 83.5 Å². The van der Waals surface area contributed by atoms with Crippen molar-refractivity contribution in [1.29, 1.82) is 0 Å². The van der Waals surface area contributed by atoms with E-state index in [0.717, 1.165) is 24.3 Å². The van der Waals surface area contributed by atoms with Gasteiger partial charge in [-0.2, -0.15) is 0 Å².